The highest BCUT2D eigenvalue weighted by Gasteiger charge is 2.12. The first-order valence-corrected chi connectivity index (χ1v) is 10.4. The molecule has 0 saturated carbocycles. The molecule has 154 valence electrons. The van der Waals surface area contributed by atoms with E-state index in [0.717, 1.165) is 5.56 Å². The van der Waals surface area contributed by atoms with Crippen molar-refractivity contribution in [1.82, 2.24) is 4.83 Å². The summed E-state index contributed by atoms with van der Waals surface area (Å²) in [5, 5.41) is 3.79. The normalized spacial score (nSPS) is 11.3. The molecule has 0 fully saturated rings. The van der Waals surface area contributed by atoms with Gasteiger partial charge >= 0.3 is 5.97 Å². The van der Waals surface area contributed by atoms with Gasteiger partial charge in [0.05, 0.1) is 23.8 Å². The molecule has 3 rings (SSSR count). The van der Waals surface area contributed by atoms with Crippen LogP contribution in [0.2, 0.25) is 0 Å². The summed E-state index contributed by atoms with van der Waals surface area (Å²) in [5.74, 6) is 0.422. The van der Waals surface area contributed by atoms with Gasteiger partial charge in [0.15, 0.2) is 0 Å². The molecule has 0 aliphatic carbocycles. The van der Waals surface area contributed by atoms with Crippen LogP contribution in [0.5, 0.6) is 11.5 Å². The van der Waals surface area contributed by atoms with Gasteiger partial charge < -0.3 is 9.47 Å². The summed E-state index contributed by atoms with van der Waals surface area (Å²) in [6, 6.07) is 19.5. The highest BCUT2D eigenvalue weighted by molar-refractivity contribution is 7.89. The number of carbonyl (C=O) groups is 1. The minimum atomic E-state index is -3.76. The van der Waals surface area contributed by atoms with Gasteiger partial charge in [0, 0.05) is 0 Å². The summed E-state index contributed by atoms with van der Waals surface area (Å²) >= 11 is 0. The number of aryl methyl sites for hydroxylation is 1. The molecule has 0 heterocycles. The minimum Gasteiger partial charge on any atom is -0.497 e. The number of carbonyl (C=O) groups excluding carboxylic acids is 1. The third-order valence-electron chi connectivity index (χ3n) is 4.11. The quantitative estimate of drug-likeness (QED) is 0.271. The van der Waals surface area contributed by atoms with Crippen molar-refractivity contribution in [1.29, 1.82) is 0 Å². The molecule has 0 unspecified atom stereocenters. The van der Waals surface area contributed by atoms with Crippen LogP contribution in [0.4, 0.5) is 0 Å². The van der Waals surface area contributed by atoms with Crippen molar-refractivity contribution in [3.8, 4) is 11.5 Å². The number of esters is 1. The summed E-state index contributed by atoms with van der Waals surface area (Å²) in [6.07, 6.45) is 1.33. The Morgan fingerprint density at radius 2 is 1.67 bits per heavy atom. The van der Waals surface area contributed by atoms with E-state index in [2.05, 4.69) is 9.93 Å². The molecule has 0 spiro atoms. The average molecular weight is 424 g/mol. The standard InChI is InChI=1S/C22H20N2O5S/c1-16-6-12-21(13-7-16)30(26,27)24-23-15-17-4-3-5-20(14-17)29-22(25)18-8-10-19(28-2)11-9-18/h3-15,24H,1-2H3/b23-15+. The first-order chi connectivity index (χ1) is 14.4. The molecule has 0 aliphatic rings. The molecule has 0 amide bonds. The predicted molar refractivity (Wildman–Crippen MR) is 113 cm³/mol. The Morgan fingerprint density at radius 3 is 2.33 bits per heavy atom. The van der Waals surface area contributed by atoms with Crippen molar-refractivity contribution >= 4 is 22.2 Å². The highest BCUT2D eigenvalue weighted by Crippen LogP contribution is 2.17. The van der Waals surface area contributed by atoms with Crippen LogP contribution in [-0.2, 0) is 10.0 Å². The summed E-state index contributed by atoms with van der Waals surface area (Å²) in [7, 11) is -2.22. The first-order valence-electron chi connectivity index (χ1n) is 8.95. The third kappa shape index (κ3) is 5.45. The molecular weight excluding hydrogens is 404 g/mol. The molecule has 0 radical (unpaired) electrons. The Bertz CT molecular complexity index is 1150. The molecule has 3 aromatic rings. The minimum absolute atomic E-state index is 0.118. The number of nitrogens with one attached hydrogen (secondary N) is 1. The average Bonchev–Trinajstić information content (AvgIpc) is 2.74. The summed E-state index contributed by atoms with van der Waals surface area (Å²) in [6.45, 7) is 1.87. The van der Waals surface area contributed by atoms with Gasteiger partial charge in [-0.3, -0.25) is 0 Å². The fourth-order valence-corrected chi connectivity index (χ4v) is 3.28. The van der Waals surface area contributed by atoms with Crippen molar-refractivity contribution in [2.75, 3.05) is 7.11 Å². The van der Waals surface area contributed by atoms with Gasteiger partial charge in [-0.05, 0) is 61.0 Å². The fraction of sp³-hybridized carbons (Fsp3) is 0.0909. The molecular formula is C22H20N2O5S. The number of sulfonamides is 1. The van der Waals surface area contributed by atoms with Gasteiger partial charge in [-0.2, -0.15) is 13.5 Å². The molecule has 0 aromatic heterocycles. The molecule has 8 heteroatoms. The molecule has 3 aromatic carbocycles. The number of hydrazone groups is 1. The van der Waals surface area contributed by atoms with Crippen molar-refractivity contribution < 1.29 is 22.7 Å². The fourth-order valence-electron chi connectivity index (χ4n) is 2.49. The lowest BCUT2D eigenvalue weighted by atomic mass is 10.2. The van der Waals surface area contributed by atoms with Crippen LogP contribution < -0.4 is 14.3 Å². The van der Waals surface area contributed by atoms with Gasteiger partial charge in [0.25, 0.3) is 10.0 Å². The van der Waals surface area contributed by atoms with Crippen molar-refractivity contribution in [3.05, 3.63) is 89.5 Å². The van der Waals surface area contributed by atoms with Crippen molar-refractivity contribution in [2.24, 2.45) is 5.10 Å². The van der Waals surface area contributed by atoms with Crippen LogP contribution in [0, 0.1) is 6.92 Å². The SMILES string of the molecule is COc1ccc(C(=O)Oc2cccc(/C=N/NS(=O)(=O)c3ccc(C)cc3)c2)cc1. The maximum atomic E-state index is 12.3. The highest BCUT2D eigenvalue weighted by atomic mass is 32.2. The molecule has 0 saturated heterocycles. The molecule has 0 atom stereocenters. The van der Waals surface area contributed by atoms with E-state index in [1.807, 2.05) is 6.92 Å². The summed E-state index contributed by atoms with van der Waals surface area (Å²) in [4.78, 5) is 14.5. The van der Waals surface area contributed by atoms with Crippen LogP contribution in [-0.4, -0.2) is 27.7 Å². The second-order valence-electron chi connectivity index (χ2n) is 6.36. The van der Waals surface area contributed by atoms with E-state index in [0.29, 0.717) is 22.6 Å². The zero-order valence-corrected chi connectivity index (χ0v) is 17.2. The maximum absolute atomic E-state index is 12.3. The molecule has 1 N–H and O–H groups in total. The summed E-state index contributed by atoms with van der Waals surface area (Å²) < 4.78 is 34.9. The van der Waals surface area contributed by atoms with Crippen LogP contribution >= 0.6 is 0 Å². The smallest absolute Gasteiger partial charge is 0.343 e. The van der Waals surface area contributed by atoms with Gasteiger partial charge in [0.1, 0.15) is 11.5 Å². The number of ether oxygens (including phenoxy) is 2. The van der Waals surface area contributed by atoms with Gasteiger partial charge in [-0.1, -0.05) is 29.8 Å². The van der Waals surface area contributed by atoms with Crippen LogP contribution in [0.3, 0.4) is 0 Å². The zero-order chi connectivity index (χ0) is 21.6. The third-order valence-corrected chi connectivity index (χ3v) is 5.35. The summed E-state index contributed by atoms with van der Waals surface area (Å²) in [5.41, 5.74) is 1.89. The Hall–Kier alpha value is -3.65. The van der Waals surface area contributed by atoms with Crippen molar-refractivity contribution in [3.63, 3.8) is 0 Å². The molecule has 0 bridgehead atoms. The van der Waals surface area contributed by atoms with E-state index in [9.17, 15) is 13.2 Å². The molecule has 0 aliphatic heterocycles. The van der Waals surface area contributed by atoms with E-state index in [-0.39, 0.29) is 4.90 Å². The van der Waals surface area contributed by atoms with Gasteiger partial charge in [-0.25, -0.2) is 9.63 Å². The Kier molecular flexibility index (Phi) is 6.48. The largest absolute Gasteiger partial charge is 0.497 e. The lowest BCUT2D eigenvalue weighted by Crippen LogP contribution is -2.18. The van der Waals surface area contributed by atoms with E-state index in [1.165, 1.54) is 18.3 Å². The van der Waals surface area contributed by atoms with Gasteiger partial charge in [0.2, 0.25) is 0 Å². The second-order valence-corrected chi connectivity index (χ2v) is 8.02. The second kappa shape index (κ2) is 9.23. The van der Waals surface area contributed by atoms with Crippen LogP contribution in [0.1, 0.15) is 21.5 Å². The van der Waals surface area contributed by atoms with Crippen molar-refractivity contribution in [2.45, 2.75) is 11.8 Å². The van der Waals surface area contributed by atoms with Crippen LogP contribution in [0.25, 0.3) is 0 Å². The van der Waals surface area contributed by atoms with E-state index in [1.54, 1.807) is 67.8 Å². The Balaban J connectivity index is 1.66. The molecule has 7 nitrogen and oxygen atoms in total. The predicted octanol–water partition coefficient (Wildman–Crippen LogP) is 3.54. The van der Waals surface area contributed by atoms with E-state index < -0.39 is 16.0 Å². The number of hydrogen-bond acceptors (Lipinski definition) is 6. The number of rotatable bonds is 7. The van der Waals surface area contributed by atoms with E-state index >= 15 is 0 Å². The maximum Gasteiger partial charge on any atom is 0.343 e. The monoisotopic (exact) mass is 424 g/mol. The number of benzene rings is 3. The van der Waals surface area contributed by atoms with E-state index in [4.69, 9.17) is 9.47 Å². The van der Waals surface area contributed by atoms with Gasteiger partial charge in [-0.15, -0.1) is 0 Å². The Morgan fingerprint density at radius 1 is 0.967 bits per heavy atom. The first kappa shape index (κ1) is 21.1. The van der Waals surface area contributed by atoms with Crippen LogP contribution in [0.15, 0.2) is 82.8 Å². The molecule has 30 heavy (non-hydrogen) atoms. The number of nitrogens with zero attached hydrogens (tertiary/aromatic N) is 1. The zero-order valence-electron chi connectivity index (χ0n) is 16.4. The number of methoxy groups -OCH3 is 1. The lowest BCUT2D eigenvalue weighted by molar-refractivity contribution is 0.0734. The Labute approximate surface area is 175 Å². The topological polar surface area (TPSA) is 94.1 Å². The number of hydrogen-bond donors (Lipinski definition) is 1. The lowest BCUT2D eigenvalue weighted by Gasteiger charge is -2.06.